The lowest BCUT2D eigenvalue weighted by Crippen LogP contribution is -2.29. The Bertz CT molecular complexity index is 762. The lowest BCUT2D eigenvalue weighted by atomic mass is 9.67. The molecule has 1 nitrogen and oxygen atoms in total. The van der Waals surface area contributed by atoms with E-state index >= 15 is 0 Å². The first-order valence-electron chi connectivity index (χ1n) is 11.9. The molecular weight excluding hydrogens is 409 g/mol. The zero-order chi connectivity index (χ0) is 22.5. The van der Waals surface area contributed by atoms with Crippen LogP contribution in [0.2, 0.25) is 10.0 Å². The Labute approximate surface area is 195 Å². The third-order valence-electron chi connectivity index (χ3n) is 8.39. The van der Waals surface area contributed by atoms with Gasteiger partial charge in [-0.1, -0.05) is 70.8 Å². The summed E-state index contributed by atoms with van der Waals surface area (Å²) in [5.74, 6) is 2.07. The molecule has 0 aliphatic heterocycles. The molecule has 3 atom stereocenters. The number of rotatable bonds is 10. The Balaban J connectivity index is 1.68. The summed E-state index contributed by atoms with van der Waals surface area (Å²) in [5, 5.41) is 1.60. The quantitative estimate of drug-likeness (QED) is 0.343. The van der Waals surface area contributed by atoms with Gasteiger partial charge in [0.2, 0.25) is 0 Å². The van der Waals surface area contributed by atoms with Crippen LogP contribution in [0, 0.1) is 28.1 Å². The van der Waals surface area contributed by atoms with E-state index in [1.54, 1.807) is 0 Å². The molecule has 0 bridgehead atoms. The van der Waals surface area contributed by atoms with Crippen LogP contribution in [0.4, 0.5) is 0 Å². The summed E-state index contributed by atoms with van der Waals surface area (Å²) in [5.41, 5.74) is 3.95. The highest BCUT2D eigenvalue weighted by atomic mass is 35.5. The molecule has 0 N–H and O–H groups in total. The van der Waals surface area contributed by atoms with Crippen molar-refractivity contribution in [2.75, 3.05) is 14.1 Å². The Morgan fingerprint density at radius 3 is 2.27 bits per heavy atom. The molecule has 30 heavy (non-hydrogen) atoms. The highest BCUT2D eigenvalue weighted by Crippen LogP contribution is 2.70. The van der Waals surface area contributed by atoms with Gasteiger partial charge in [0.1, 0.15) is 0 Å². The van der Waals surface area contributed by atoms with Crippen molar-refractivity contribution in [3.8, 4) is 0 Å². The van der Waals surface area contributed by atoms with E-state index in [0.717, 1.165) is 28.4 Å². The van der Waals surface area contributed by atoms with Crippen molar-refractivity contribution in [3.63, 3.8) is 0 Å². The third-order valence-corrected chi connectivity index (χ3v) is 9.07. The standard InChI is InChI=1S/C27H43Cl2N/c1-18(2)14-27(9-10-27)17-25(4,5)26(6)15-21(26)11-19(3)22-12-20(16-30(7)8)23(28)13-24(22)29/h12-13,18-19,21H,9-11,14-17H2,1-8H3. The fourth-order valence-electron chi connectivity index (χ4n) is 6.27. The fourth-order valence-corrected chi connectivity index (χ4v) is 6.90. The Hall–Kier alpha value is -0.240. The van der Waals surface area contributed by atoms with E-state index in [4.69, 9.17) is 23.2 Å². The Morgan fingerprint density at radius 1 is 1.10 bits per heavy atom. The maximum atomic E-state index is 6.64. The third kappa shape index (κ3) is 5.21. The van der Waals surface area contributed by atoms with Crippen LogP contribution in [-0.4, -0.2) is 19.0 Å². The van der Waals surface area contributed by atoms with Crippen LogP contribution in [0.3, 0.4) is 0 Å². The molecule has 2 aliphatic carbocycles. The predicted molar refractivity (Wildman–Crippen MR) is 133 cm³/mol. The van der Waals surface area contributed by atoms with Crippen molar-refractivity contribution in [3.05, 3.63) is 33.3 Å². The van der Waals surface area contributed by atoms with Crippen LogP contribution in [0.25, 0.3) is 0 Å². The average molecular weight is 453 g/mol. The van der Waals surface area contributed by atoms with Gasteiger partial charge in [0.25, 0.3) is 0 Å². The van der Waals surface area contributed by atoms with Crippen LogP contribution in [0.5, 0.6) is 0 Å². The van der Waals surface area contributed by atoms with Crippen LogP contribution in [0.15, 0.2) is 12.1 Å². The molecule has 0 aromatic heterocycles. The van der Waals surface area contributed by atoms with E-state index in [1.807, 2.05) is 6.07 Å². The lowest BCUT2D eigenvalue weighted by molar-refractivity contribution is 0.118. The summed E-state index contributed by atoms with van der Waals surface area (Å²) >= 11 is 13.1. The maximum Gasteiger partial charge on any atom is 0.0466 e. The van der Waals surface area contributed by atoms with Gasteiger partial charge in [0, 0.05) is 16.6 Å². The first-order chi connectivity index (χ1) is 13.8. The summed E-state index contributed by atoms with van der Waals surface area (Å²) in [6.45, 7) is 15.6. The summed E-state index contributed by atoms with van der Waals surface area (Å²) < 4.78 is 0. The van der Waals surface area contributed by atoms with Gasteiger partial charge >= 0.3 is 0 Å². The minimum absolute atomic E-state index is 0.405. The van der Waals surface area contributed by atoms with E-state index in [0.29, 0.717) is 22.2 Å². The molecule has 0 heterocycles. The van der Waals surface area contributed by atoms with Gasteiger partial charge in [-0.3, -0.25) is 0 Å². The summed E-state index contributed by atoms with van der Waals surface area (Å²) in [7, 11) is 4.16. The highest BCUT2D eigenvalue weighted by molar-refractivity contribution is 6.35. The molecule has 3 unspecified atom stereocenters. The molecule has 1 aromatic rings. The zero-order valence-electron chi connectivity index (χ0n) is 20.5. The Kier molecular flexibility index (Phi) is 7.00. The van der Waals surface area contributed by atoms with Gasteiger partial charge in [-0.25, -0.2) is 0 Å². The van der Waals surface area contributed by atoms with Crippen LogP contribution >= 0.6 is 23.2 Å². The van der Waals surface area contributed by atoms with Crippen molar-refractivity contribution in [2.24, 2.45) is 28.1 Å². The van der Waals surface area contributed by atoms with Gasteiger partial charge in [-0.05, 0) is 104 Å². The molecule has 170 valence electrons. The average Bonchev–Trinajstić information content (AvgIpc) is 3.48. The first-order valence-corrected chi connectivity index (χ1v) is 12.7. The van der Waals surface area contributed by atoms with E-state index in [-0.39, 0.29) is 0 Å². The molecule has 1 aromatic carbocycles. The number of hydrogen-bond acceptors (Lipinski definition) is 1. The first kappa shape index (κ1) is 24.4. The maximum absolute atomic E-state index is 6.64. The van der Waals surface area contributed by atoms with Gasteiger partial charge in [-0.2, -0.15) is 0 Å². The van der Waals surface area contributed by atoms with E-state index in [1.165, 1.54) is 49.7 Å². The van der Waals surface area contributed by atoms with Crippen LogP contribution < -0.4 is 0 Å². The van der Waals surface area contributed by atoms with Crippen molar-refractivity contribution in [2.45, 2.75) is 92.5 Å². The molecule has 3 rings (SSSR count). The largest absolute Gasteiger partial charge is 0.305 e. The normalized spacial score (nSPS) is 26.3. The molecule has 3 heteroatoms. The number of nitrogens with zero attached hydrogens (tertiary/aromatic N) is 1. The van der Waals surface area contributed by atoms with E-state index in [9.17, 15) is 0 Å². The topological polar surface area (TPSA) is 3.24 Å². The molecule has 0 amide bonds. The summed E-state index contributed by atoms with van der Waals surface area (Å²) in [6.07, 6.45) is 8.27. The summed E-state index contributed by atoms with van der Waals surface area (Å²) in [6, 6.07) is 4.20. The minimum atomic E-state index is 0.405. The highest BCUT2D eigenvalue weighted by Gasteiger charge is 2.61. The second-order valence-corrected chi connectivity index (χ2v) is 13.1. The number of halogens is 2. The molecule has 0 saturated heterocycles. The number of hydrogen-bond donors (Lipinski definition) is 0. The molecule has 2 saturated carbocycles. The van der Waals surface area contributed by atoms with Crippen molar-refractivity contribution < 1.29 is 0 Å². The van der Waals surface area contributed by atoms with Crippen molar-refractivity contribution in [1.82, 2.24) is 4.90 Å². The second-order valence-electron chi connectivity index (χ2n) is 12.3. The lowest BCUT2D eigenvalue weighted by Gasteiger charge is -2.38. The zero-order valence-corrected chi connectivity index (χ0v) is 22.1. The van der Waals surface area contributed by atoms with Crippen molar-refractivity contribution >= 4 is 23.2 Å². The smallest absolute Gasteiger partial charge is 0.0466 e. The fraction of sp³-hybridized carbons (Fsp3) is 0.778. The van der Waals surface area contributed by atoms with Gasteiger partial charge in [0.15, 0.2) is 0 Å². The predicted octanol–water partition coefficient (Wildman–Crippen LogP) is 8.82. The van der Waals surface area contributed by atoms with Gasteiger partial charge < -0.3 is 4.90 Å². The van der Waals surface area contributed by atoms with Crippen LogP contribution in [0.1, 0.15) is 97.1 Å². The van der Waals surface area contributed by atoms with Gasteiger partial charge in [0.05, 0.1) is 0 Å². The molecular formula is C27H43Cl2N. The SMILES string of the molecule is CC(C)CC1(CC(C)(C)C2(C)CC2CC(C)c2cc(CN(C)C)c(Cl)cc2Cl)CC1. The summed E-state index contributed by atoms with van der Waals surface area (Å²) in [4.78, 5) is 2.16. The Morgan fingerprint density at radius 2 is 1.73 bits per heavy atom. The molecule has 0 radical (unpaired) electrons. The molecule has 2 fully saturated rings. The second kappa shape index (κ2) is 8.60. The molecule has 2 aliphatic rings. The number of benzene rings is 1. The van der Waals surface area contributed by atoms with Crippen LogP contribution in [-0.2, 0) is 6.54 Å². The monoisotopic (exact) mass is 451 g/mol. The minimum Gasteiger partial charge on any atom is -0.305 e. The van der Waals surface area contributed by atoms with Crippen molar-refractivity contribution in [1.29, 1.82) is 0 Å². The molecule has 0 spiro atoms. The van der Waals surface area contributed by atoms with Gasteiger partial charge in [-0.15, -0.1) is 0 Å². The van der Waals surface area contributed by atoms with E-state index < -0.39 is 0 Å². The van der Waals surface area contributed by atoms with E-state index in [2.05, 4.69) is 66.6 Å².